The normalized spacial score (nSPS) is 16.6. The number of piperidine rings is 1. The van der Waals surface area contributed by atoms with E-state index in [1.165, 1.54) is 4.52 Å². The molecule has 0 saturated carbocycles. The number of fused-ring (bicyclic) bond motifs is 1. The van der Waals surface area contributed by atoms with E-state index >= 15 is 0 Å². The lowest BCUT2D eigenvalue weighted by atomic mass is 10.1. The van der Waals surface area contributed by atoms with Gasteiger partial charge in [-0.05, 0) is 38.1 Å². The molecule has 2 aromatic rings. The molecule has 0 atom stereocenters. The third kappa shape index (κ3) is 2.97. The van der Waals surface area contributed by atoms with Crippen molar-refractivity contribution < 1.29 is 4.74 Å². The average Bonchev–Trinajstić information content (AvgIpc) is 2.86. The lowest BCUT2D eigenvalue weighted by Gasteiger charge is -2.22. The van der Waals surface area contributed by atoms with E-state index in [1.54, 1.807) is 12.1 Å². The van der Waals surface area contributed by atoms with Gasteiger partial charge in [0.15, 0.2) is 5.65 Å². The molecule has 8 heteroatoms. The summed E-state index contributed by atoms with van der Waals surface area (Å²) in [5.74, 6) is 0.634. The van der Waals surface area contributed by atoms with Gasteiger partial charge in [-0.15, -0.1) is 5.10 Å². The molecule has 1 aliphatic rings. The molecule has 0 spiro atoms. The standard InChI is InChI=1S/C12H18N6O2/c19-12-16-15-11-2-1-10(17-18(11)12)14-7-8-20-9-3-5-13-6-4-9/h1-2,9,13H,3-8H2,(H,14,17)(H,16,19). The monoisotopic (exact) mass is 278 g/mol. The number of hydrogen-bond acceptors (Lipinski definition) is 6. The van der Waals surface area contributed by atoms with Crippen LogP contribution < -0.4 is 16.3 Å². The largest absolute Gasteiger partial charge is 0.376 e. The number of aromatic nitrogens is 4. The van der Waals surface area contributed by atoms with Crippen molar-refractivity contribution in [2.75, 3.05) is 31.6 Å². The summed E-state index contributed by atoms with van der Waals surface area (Å²) in [6.45, 7) is 3.35. The summed E-state index contributed by atoms with van der Waals surface area (Å²) in [5.41, 5.74) is 0.168. The molecule has 20 heavy (non-hydrogen) atoms. The molecule has 0 radical (unpaired) electrons. The lowest BCUT2D eigenvalue weighted by molar-refractivity contribution is 0.0394. The highest BCUT2D eigenvalue weighted by Crippen LogP contribution is 2.07. The summed E-state index contributed by atoms with van der Waals surface area (Å²) in [6, 6.07) is 3.53. The van der Waals surface area contributed by atoms with E-state index in [2.05, 4.69) is 25.9 Å². The van der Waals surface area contributed by atoms with Crippen molar-refractivity contribution in [3.05, 3.63) is 22.6 Å². The first kappa shape index (κ1) is 13.1. The van der Waals surface area contributed by atoms with Gasteiger partial charge in [0.05, 0.1) is 12.7 Å². The quantitative estimate of drug-likeness (QED) is 0.644. The minimum atomic E-state index is -0.338. The van der Waals surface area contributed by atoms with Crippen molar-refractivity contribution in [2.45, 2.75) is 18.9 Å². The van der Waals surface area contributed by atoms with Crippen LogP contribution in [0.25, 0.3) is 5.65 Å². The smallest absolute Gasteiger partial charge is 0.364 e. The van der Waals surface area contributed by atoms with Crippen molar-refractivity contribution in [2.24, 2.45) is 0 Å². The van der Waals surface area contributed by atoms with E-state index < -0.39 is 0 Å². The zero-order valence-electron chi connectivity index (χ0n) is 11.1. The summed E-state index contributed by atoms with van der Waals surface area (Å²) in [7, 11) is 0. The minimum absolute atomic E-state index is 0.338. The molecule has 1 fully saturated rings. The average molecular weight is 278 g/mol. The number of nitrogens with zero attached hydrogens (tertiary/aromatic N) is 3. The highest BCUT2D eigenvalue weighted by molar-refractivity contribution is 5.42. The van der Waals surface area contributed by atoms with E-state index in [4.69, 9.17) is 4.74 Å². The summed E-state index contributed by atoms with van der Waals surface area (Å²) in [5, 5.41) is 16.8. The van der Waals surface area contributed by atoms with Gasteiger partial charge in [-0.2, -0.15) is 9.61 Å². The number of rotatable bonds is 5. The van der Waals surface area contributed by atoms with Crippen molar-refractivity contribution in [1.82, 2.24) is 25.1 Å². The van der Waals surface area contributed by atoms with Crippen molar-refractivity contribution >= 4 is 11.5 Å². The topological polar surface area (TPSA) is 96.3 Å². The highest BCUT2D eigenvalue weighted by atomic mass is 16.5. The fourth-order valence-corrected chi connectivity index (χ4v) is 2.26. The Labute approximate surface area is 115 Å². The molecule has 8 nitrogen and oxygen atoms in total. The third-order valence-electron chi connectivity index (χ3n) is 3.32. The first-order chi connectivity index (χ1) is 9.83. The van der Waals surface area contributed by atoms with E-state index in [0.717, 1.165) is 25.9 Å². The lowest BCUT2D eigenvalue weighted by Crippen LogP contribution is -2.33. The van der Waals surface area contributed by atoms with Gasteiger partial charge in [0.25, 0.3) is 0 Å². The molecule has 0 aromatic carbocycles. The Morgan fingerprint density at radius 3 is 3.10 bits per heavy atom. The number of aromatic amines is 1. The van der Waals surface area contributed by atoms with Gasteiger partial charge in [-0.1, -0.05) is 0 Å². The minimum Gasteiger partial charge on any atom is -0.376 e. The van der Waals surface area contributed by atoms with Crippen LogP contribution >= 0.6 is 0 Å². The molecule has 2 aromatic heterocycles. The maximum atomic E-state index is 11.4. The zero-order valence-corrected chi connectivity index (χ0v) is 11.1. The van der Waals surface area contributed by atoms with Crippen LogP contribution in [-0.2, 0) is 4.74 Å². The van der Waals surface area contributed by atoms with Crippen LogP contribution in [0.15, 0.2) is 16.9 Å². The zero-order chi connectivity index (χ0) is 13.8. The van der Waals surface area contributed by atoms with Crippen LogP contribution in [0.5, 0.6) is 0 Å². The Hall–Kier alpha value is -1.93. The van der Waals surface area contributed by atoms with Gasteiger partial charge in [-0.3, -0.25) is 0 Å². The summed E-state index contributed by atoms with van der Waals surface area (Å²) < 4.78 is 7.02. The Morgan fingerprint density at radius 1 is 1.40 bits per heavy atom. The second-order valence-corrected chi connectivity index (χ2v) is 4.76. The summed E-state index contributed by atoms with van der Waals surface area (Å²) in [6.07, 6.45) is 2.48. The Morgan fingerprint density at radius 2 is 2.25 bits per heavy atom. The van der Waals surface area contributed by atoms with Crippen LogP contribution in [0.3, 0.4) is 0 Å². The predicted molar refractivity (Wildman–Crippen MR) is 73.9 cm³/mol. The Balaban J connectivity index is 1.49. The molecule has 3 heterocycles. The molecule has 3 N–H and O–H groups in total. The van der Waals surface area contributed by atoms with Crippen LogP contribution in [0, 0.1) is 0 Å². The molecule has 108 valence electrons. The fraction of sp³-hybridized carbons (Fsp3) is 0.583. The summed E-state index contributed by atoms with van der Waals surface area (Å²) in [4.78, 5) is 11.4. The molecule has 0 amide bonds. The molecule has 1 saturated heterocycles. The van der Waals surface area contributed by atoms with Crippen molar-refractivity contribution in [3.8, 4) is 0 Å². The predicted octanol–water partition coefficient (Wildman–Crippen LogP) is -0.402. The molecule has 0 bridgehead atoms. The molecule has 0 aliphatic carbocycles. The van der Waals surface area contributed by atoms with Crippen molar-refractivity contribution in [3.63, 3.8) is 0 Å². The molecule has 3 rings (SSSR count). The van der Waals surface area contributed by atoms with E-state index in [-0.39, 0.29) is 5.69 Å². The van der Waals surface area contributed by atoms with Crippen molar-refractivity contribution in [1.29, 1.82) is 0 Å². The van der Waals surface area contributed by atoms with Gasteiger partial charge >= 0.3 is 5.69 Å². The van der Waals surface area contributed by atoms with Crippen LogP contribution in [0.4, 0.5) is 5.82 Å². The Bertz CT molecular complexity index is 616. The molecular formula is C12H18N6O2. The van der Waals surface area contributed by atoms with Gasteiger partial charge in [0.1, 0.15) is 5.82 Å². The Kier molecular flexibility index (Phi) is 3.93. The summed E-state index contributed by atoms with van der Waals surface area (Å²) >= 11 is 0. The first-order valence-electron chi connectivity index (χ1n) is 6.83. The molecule has 1 aliphatic heterocycles. The number of nitrogens with one attached hydrogen (secondary N) is 3. The number of anilines is 1. The van der Waals surface area contributed by atoms with E-state index in [1.807, 2.05) is 0 Å². The second-order valence-electron chi connectivity index (χ2n) is 4.76. The number of H-pyrrole nitrogens is 1. The number of hydrogen-bond donors (Lipinski definition) is 3. The second kappa shape index (κ2) is 6.02. The van der Waals surface area contributed by atoms with Crippen LogP contribution in [0.2, 0.25) is 0 Å². The maximum absolute atomic E-state index is 11.4. The van der Waals surface area contributed by atoms with Gasteiger partial charge in [0, 0.05) is 6.54 Å². The van der Waals surface area contributed by atoms with E-state index in [9.17, 15) is 4.79 Å². The third-order valence-corrected chi connectivity index (χ3v) is 3.32. The molecular weight excluding hydrogens is 260 g/mol. The SMILES string of the molecule is O=c1[nH]nc2ccc(NCCOC3CCNCC3)nn12. The molecule has 0 unspecified atom stereocenters. The van der Waals surface area contributed by atoms with Gasteiger partial charge in [0.2, 0.25) is 0 Å². The van der Waals surface area contributed by atoms with Gasteiger partial charge < -0.3 is 15.4 Å². The number of ether oxygens (including phenoxy) is 1. The highest BCUT2D eigenvalue weighted by Gasteiger charge is 2.12. The van der Waals surface area contributed by atoms with Gasteiger partial charge in [-0.25, -0.2) is 9.89 Å². The fourth-order valence-electron chi connectivity index (χ4n) is 2.26. The maximum Gasteiger partial charge on any atom is 0.364 e. The van der Waals surface area contributed by atoms with E-state index in [0.29, 0.717) is 30.7 Å². The van der Waals surface area contributed by atoms with Crippen LogP contribution in [-0.4, -0.2) is 52.2 Å². The van der Waals surface area contributed by atoms with Crippen LogP contribution in [0.1, 0.15) is 12.8 Å². The first-order valence-corrected chi connectivity index (χ1v) is 6.83.